The first-order valence-corrected chi connectivity index (χ1v) is 11.4. The number of halogens is 2. The summed E-state index contributed by atoms with van der Waals surface area (Å²) in [6.45, 7) is 0. The largest absolute Gasteiger partial charge is 0.491 e. The topological polar surface area (TPSA) is 117 Å². The Labute approximate surface area is 219 Å². The summed E-state index contributed by atoms with van der Waals surface area (Å²) in [7, 11) is 2.91. The molecule has 196 valence electrons. The summed E-state index contributed by atoms with van der Waals surface area (Å²) in [5.41, 5.74) is -0.0490. The number of carbonyl (C=O) groups is 1. The van der Waals surface area contributed by atoms with Gasteiger partial charge in [0.25, 0.3) is 17.3 Å². The number of rotatable bonds is 7. The Morgan fingerprint density at radius 1 is 0.949 bits per heavy atom. The van der Waals surface area contributed by atoms with E-state index in [1.807, 2.05) is 0 Å². The number of nitrogens with zero attached hydrogens (tertiary/aromatic N) is 4. The van der Waals surface area contributed by atoms with Crippen molar-refractivity contribution in [3.05, 3.63) is 101 Å². The molecule has 0 aliphatic carbocycles. The lowest BCUT2D eigenvalue weighted by Gasteiger charge is -2.12. The van der Waals surface area contributed by atoms with Crippen LogP contribution >= 0.6 is 0 Å². The van der Waals surface area contributed by atoms with Crippen molar-refractivity contribution in [3.63, 3.8) is 0 Å². The molecule has 0 unspecified atom stereocenters. The summed E-state index contributed by atoms with van der Waals surface area (Å²) in [6.07, 6.45) is 3.83. The summed E-state index contributed by atoms with van der Waals surface area (Å²) in [4.78, 5) is 38.1. The van der Waals surface area contributed by atoms with Crippen LogP contribution in [0.3, 0.4) is 0 Å². The van der Waals surface area contributed by atoms with Crippen molar-refractivity contribution in [2.75, 3.05) is 19.5 Å². The number of hydrogen-bond acceptors (Lipinski definition) is 8. The Balaban J connectivity index is 1.38. The van der Waals surface area contributed by atoms with Gasteiger partial charge >= 0.3 is 0 Å². The highest BCUT2D eigenvalue weighted by Gasteiger charge is 2.17. The Hall–Kier alpha value is -5.39. The molecule has 10 nitrogen and oxygen atoms in total. The van der Waals surface area contributed by atoms with E-state index in [9.17, 15) is 18.4 Å². The van der Waals surface area contributed by atoms with Gasteiger partial charge in [0.05, 0.1) is 25.9 Å². The SMILES string of the molecule is COc1cc2nccc(Oc3ccc(NC(=O)c4cccn(-c5ccc(F)cn5)c4=O)cc3F)c2nc1OC. The number of anilines is 1. The smallest absolute Gasteiger partial charge is 0.269 e. The second-order valence-corrected chi connectivity index (χ2v) is 8.01. The number of ether oxygens (including phenoxy) is 3. The second-order valence-electron chi connectivity index (χ2n) is 8.01. The summed E-state index contributed by atoms with van der Waals surface area (Å²) in [5.74, 6) is -1.32. The van der Waals surface area contributed by atoms with E-state index >= 15 is 0 Å². The Kier molecular flexibility index (Phi) is 6.83. The van der Waals surface area contributed by atoms with Gasteiger partial charge in [-0.1, -0.05) is 0 Å². The number of pyridine rings is 4. The molecule has 39 heavy (non-hydrogen) atoms. The monoisotopic (exact) mass is 531 g/mol. The molecule has 1 aromatic carbocycles. The van der Waals surface area contributed by atoms with Crippen molar-refractivity contribution < 1.29 is 27.8 Å². The van der Waals surface area contributed by atoms with E-state index in [-0.39, 0.29) is 34.4 Å². The molecule has 0 saturated carbocycles. The van der Waals surface area contributed by atoms with Crippen molar-refractivity contribution in [3.8, 4) is 28.9 Å². The number of amides is 1. The maximum Gasteiger partial charge on any atom is 0.269 e. The number of fused-ring (bicyclic) bond motifs is 1. The molecule has 12 heteroatoms. The quantitative estimate of drug-likeness (QED) is 0.326. The molecule has 0 aliphatic heterocycles. The number of aromatic nitrogens is 4. The van der Waals surface area contributed by atoms with Gasteiger partial charge in [0.1, 0.15) is 22.7 Å². The standard InChI is InChI=1S/C27H19F2N5O5/c1-37-22-13-19-24(33-26(22)38-2)21(9-10-30-19)39-20-7-6-16(12-18(20)29)32-25(35)17-4-3-11-34(27(17)36)23-8-5-15(28)14-31-23/h3-14H,1-2H3,(H,32,35). The molecular formula is C27H19F2N5O5. The Morgan fingerprint density at radius 3 is 2.51 bits per heavy atom. The van der Waals surface area contributed by atoms with E-state index in [1.54, 1.807) is 6.07 Å². The zero-order chi connectivity index (χ0) is 27.5. The predicted molar refractivity (Wildman–Crippen MR) is 137 cm³/mol. The number of methoxy groups -OCH3 is 2. The number of hydrogen-bond donors (Lipinski definition) is 1. The van der Waals surface area contributed by atoms with Gasteiger partial charge in [0.2, 0.25) is 0 Å². The van der Waals surface area contributed by atoms with Crippen LogP contribution in [-0.4, -0.2) is 39.6 Å². The molecule has 0 atom stereocenters. The third kappa shape index (κ3) is 5.07. The van der Waals surface area contributed by atoms with Crippen LogP contribution in [0.25, 0.3) is 16.9 Å². The summed E-state index contributed by atoms with van der Waals surface area (Å²) < 4.78 is 45.5. The first-order valence-electron chi connectivity index (χ1n) is 11.4. The highest BCUT2D eigenvalue weighted by Crippen LogP contribution is 2.35. The van der Waals surface area contributed by atoms with Crippen LogP contribution in [0.2, 0.25) is 0 Å². The summed E-state index contributed by atoms with van der Waals surface area (Å²) in [5, 5.41) is 2.50. The van der Waals surface area contributed by atoms with Gasteiger partial charge in [-0.05, 0) is 36.4 Å². The van der Waals surface area contributed by atoms with E-state index in [0.717, 1.165) is 22.9 Å². The van der Waals surface area contributed by atoms with Crippen LogP contribution in [0.5, 0.6) is 23.1 Å². The molecule has 5 rings (SSSR count). The lowest BCUT2D eigenvalue weighted by Crippen LogP contribution is -2.28. The van der Waals surface area contributed by atoms with Crippen molar-refractivity contribution in [2.24, 2.45) is 0 Å². The first kappa shape index (κ1) is 25.3. The normalized spacial score (nSPS) is 10.8. The van der Waals surface area contributed by atoms with Gasteiger partial charge in [0, 0.05) is 36.3 Å². The molecule has 0 bridgehead atoms. The molecule has 0 fully saturated rings. The van der Waals surface area contributed by atoms with E-state index < -0.39 is 23.1 Å². The fourth-order valence-electron chi connectivity index (χ4n) is 3.72. The molecule has 0 aliphatic rings. The maximum atomic E-state index is 15.0. The average molecular weight is 531 g/mol. The fraction of sp³-hybridized carbons (Fsp3) is 0.0741. The molecule has 5 aromatic rings. The van der Waals surface area contributed by atoms with E-state index in [1.165, 1.54) is 63.0 Å². The lowest BCUT2D eigenvalue weighted by atomic mass is 10.2. The van der Waals surface area contributed by atoms with E-state index in [0.29, 0.717) is 16.8 Å². The average Bonchev–Trinajstić information content (AvgIpc) is 2.94. The van der Waals surface area contributed by atoms with Gasteiger partial charge in [-0.25, -0.2) is 18.7 Å². The zero-order valence-corrected chi connectivity index (χ0v) is 20.5. The van der Waals surface area contributed by atoms with Gasteiger partial charge in [-0.2, -0.15) is 0 Å². The minimum Gasteiger partial charge on any atom is -0.491 e. The Bertz CT molecular complexity index is 1760. The zero-order valence-electron chi connectivity index (χ0n) is 20.5. The molecule has 1 N–H and O–H groups in total. The molecule has 1 amide bonds. The maximum absolute atomic E-state index is 15.0. The van der Waals surface area contributed by atoms with Crippen LogP contribution in [-0.2, 0) is 0 Å². The van der Waals surface area contributed by atoms with Crippen LogP contribution < -0.4 is 25.1 Å². The molecule has 4 heterocycles. The minimum absolute atomic E-state index is 0.0867. The molecule has 0 radical (unpaired) electrons. The molecular weight excluding hydrogens is 512 g/mol. The predicted octanol–water partition coefficient (Wildman–Crippen LogP) is 4.52. The van der Waals surface area contributed by atoms with Crippen molar-refractivity contribution in [2.45, 2.75) is 0 Å². The third-order valence-electron chi connectivity index (χ3n) is 5.58. The highest BCUT2D eigenvalue weighted by molar-refractivity contribution is 6.04. The fourth-order valence-corrected chi connectivity index (χ4v) is 3.72. The van der Waals surface area contributed by atoms with Gasteiger partial charge in [-0.3, -0.25) is 19.1 Å². The van der Waals surface area contributed by atoms with Crippen molar-refractivity contribution in [1.29, 1.82) is 0 Å². The van der Waals surface area contributed by atoms with Crippen LogP contribution in [0, 0.1) is 11.6 Å². The number of nitrogens with one attached hydrogen (secondary N) is 1. The van der Waals surface area contributed by atoms with E-state index in [2.05, 4.69) is 20.3 Å². The van der Waals surface area contributed by atoms with Crippen molar-refractivity contribution >= 4 is 22.6 Å². The third-order valence-corrected chi connectivity index (χ3v) is 5.58. The van der Waals surface area contributed by atoms with Crippen LogP contribution in [0.1, 0.15) is 10.4 Å². The van der Waals surface area contributed by atoms with Gasteiger partial charge < -0.3 is 19.5 Å². The highest BCUT2D eigenvalue weighted by atomic mass is 19.1. The van der Waals surface area contributed by atoms with Gasteiger partial charge in [-0.15, -0.1) is 0 Å². The summed E-state index contributed by atoms with van der Waals surface area (Å²) >= 11 is 0. The molecule has 0 spiro atoms. The van der Waals surface area contributed by atoms with Crippen molar-refractivity contribution in [1.82, 2.24) is 19.5 Å². The van der Waals surface area contributed by atoms with Crippen LogP contribution in [0.4, 0.5) is 14.5 Å². The summed E-state index contributed by atoms with van der Waals surface area (Å²) in [6, 6.07) is 12.2. The Morgan fingerprint density at radius 2 is 1.79 bits per heavy atom. The van der Waals surface area contributed by atoms with E-state index in [4.69, 9.17) is 14.2 Å². The molecule has 4 aromatic heterocycles. The van der Waals surface area contributed by atoms with Gasteiger partial charge in [0.15, 0.2) is 23.1 Å². The van der Waals surface area contributed by atoms with Crippen LogP contribution in [0.15, 0.2) is 78.0 Å². The minimum atomic E-state index is -0.778. The lowest BCUT2D eigenvalue weighted by molar-refractivity contribution is 0.102. The molecule has 0 saturated heterocycles. The second kappa shape index (κ2) is 10.5. The first-order chi connectivity index (χ1) is 18.9. The number of carbonyl (C=O) groups excluding carboxylic acids is 1. The number of benzene rings is 1.